The molecule has 7 nitrogen and oxygen atoms in total. The third-order valence-corrected chi connectivity index (χ3v) is 4.89. The van der Waals surface area contributed by atoms with Gasteiger partial charge in [0.25, 0.3) is 0 Å². The van der Waals surface area contributed by atoms with Crippen molar-refractivity contribution in [1.82, 2.24) is 5.32 Å². The highest BCUT2D eigenvalue weighted by Crippen LogP contribution is 2.16. The summed E-state index contributed by atoms with van der Waals surface area (Å²) in [5.41, 5.74) is 0.812. The monoisotopic (exact) mass is 391 g/mol. The molecule has 0 aliphatic heterocycles. The number of sulfone groups is 1. The second-order valence-corrected chi connectivity index (χ2v) is 8.01. The van der Waals surface area contributed by atoms with Crippen molar-refractivity contribution < 1.29 is 27.9 Å². The molecule has 27 heavy (non-hydrogen) atoms. The molecule has 0 saturated carbocycles. The van der Waals surface area contributed by atoms with E-state index >= 15 is 0 Å². The van der Waals surface area contributed by atoms with E-state index in [1.165, 1.54) is 24.3 Å². The number of benzene rings is 2. The normalized spacial score (nSPS) is 12.2. The molecule has 1 atom stereocenters. The molecule has 0 aromatic heterocycles. The van der Waals surface area contributed by atoms with Gasteiger partial charge in [-0.3, -0.25) is 4.79 Å². The third kappa shape index (κ3) is 6.74. The molecule has 8 heteroatoms. The summed E-state index contributed by atoms with van der Waals surface area (Å²) in [6, 6.07) is 13.9. The van der Waals surface area contributed by atoms with Gasteiger partial charge in [0, 0.05) is 12.7 Å². The molecule has 0 radical (unpaired) electrons. The van der Waals surface area contributed by atoms with Gasteiger partial charge in [-0.1, -0.05) is 30.3 Å². The Balaban J connectivity index is 1.83. The number of carboxylic acid groups (broad SMARTS) is 1. The van der Waals surface area contributed by atoms with Crippen molar-refractivity contribution in [3.63, 3.8) is 0 Å². The number of hydrogen-bond acceptors (Lipinski definition) is 5. The van der Waals surface area contributed by atoms with Gasteiger partial charge in [-0.2, -0.15) is 0 Å². The van der Waals surface area contributed by atoms with E-state index in [1.54, 1.807) is 24.3 Å². The molecule has 0 spiro atoms. The second-order valence-electron chi connectivity index (χ2n) is 5.99. The fraction of sp³-hybridized carbons (Fsp3) is 0.263. The van der Waals surface area contributed by atoms with E-state index < -0.39 is 27.8 Å². The van der Waals surface area contributed by atoms with E-state index in [1.807, 2.05) is 6.07 Å². The lowest BCUT2D eigenvalue weighted by molar-refractivity contribution is -0.141. The lowest BCUT2D eigenvalue weighted by Crippen LogP contribution is -2.42. The van der Waals surface area contributed by atoms with Crippen LogP contribution >= 0.6 is 0 Å². The van der Waals surface area contributed by atoms with Gasteiger partial charge in [0.1, 0.15) is 11.8 Å². The van der Waals surface area contributed by atoms with E-state index in [0.717, 1.165) is 11.8 Å². The molecule has 0 aliphatic rings. The molecule has 0 saturated heterocycles. The summed E-state index contributed by atoms with van der Waals surface area (Å²) in [4.78, 5) is 23.5. The minimum atomic E-state index is -3.28. The summed E-state index contributed by atoms with van der Waals surface area (Å²) in [5.74, 6) is -1.12. The Morgan fingerprint density at radius 2 is 1.70 bits per heavy atom. The van der Waals surface area contributed by atoms with Crippen LogP contribution in [0.3, 0.4) is 0 Å². The first kappa shape index (κ1) is 20.4. The van der Waals surface area contributed by atoms with E-state index in [-0.39, 0.29) is 24.3 Å². The minimum absolute atomic E-state index is 0.0214. The van der Waals surface area contributed by atoms with Crippen molar-refractivity contribution in [3.05, 3.63) is 60.2 Å². The fourth-order valence-electron chi connectivity index (χ4n) is 2.36. The standard InChI is InChI=1S/C19H21NO6S/c1-27(24,25)16-9-7-15(8-10-16)26-12-11-18(21)20-17(19(22)23)13-14-5-3-2-4-6-14/h2-10,17H,11-13H2,1H3,(H,20,21)(H,22,23)/t17-/m1/s1. The van der Waals surface area contributed by atoms with Gasteiger partial charge < -0.3 is 15.2 Å². The number of carbonyl (C=O) groups is 2. The van der Waals surface area contributed by atoms with Gasteiger partial charge in [-0.15, -0.1) is 0 Å². The predicted octanol–water partition coefficient (Wildman–Crippen LogP) is 1.67. The summed E-state index contributed by atoms with van der Waals surface area (Å²) in [6.45, 7) is 0.0434. The van der Waals surface area contributed by atoms with Crippen molar-refractivity contribution in [2.75, 3.05) is 12.9 Å². The average molecular weight is 391 g/mol. The van der Waals surface area contributed by atoms with Gasteiger partial charge in [-0.25, -0.2) is 13.2 Å². The molecule has 2 aromatic rings. The molecular weight excluding hydrogens is 370 g/mol. The van der Waals surface area contributed by atoms with Crippen LogP contribution in [0.4, 0.5) is 0 Å². The largest absolute Gasteiger partial charge is 0.493 e. The maximum Gasteiger partial charge on any atom is 0.326 e. The maximum absolute atomic E-state index is 12.0. The topological polar surface area (TPSA) is 110 Å². The molecule has 144 valence electrons. The number of ether oxygens (including phenoxy) is 1. The first-order chi connectivity index (χ1) is 12.8. The summed E-state index contributed by atoms with van der Waals surface area (Å²) < 4.78 is 28.2. The maximum atomic E-state index is 12.0. The first-order valence-electron chi connectivity index (χ1n) is 8.25. The number of rotatable bonds is 9. The Bertz CT molecular complexity index is 878. The van der Waals surface area contributed by atoms with Crippen molar-refractivity contribution >= 4 is 21.7 Å². The van der Waals surface area contributed by atoms with E-state index in [4.69, 9.17) is 4.74 Å². The van der Waals surface area contributed by atoms with Crippen LogP contribution < -0.4 is 10.1 Å². The average Bonchev–Trinajstić information content (AvgIpc) is 2.61. The molecule has 0 fully saturated rings. The van der Waals surface area contributed by atoms with Crippen LogP contribution in [0.5, 0.6) is 5.75 Å². The van der Waals surface area contributed by atoms with Gasteiger partial charge >= 0.3 is 5.97 Å². The molecule has 0 aliphatic carbocycles. The van der Waals surface area contributed by atoms with Crippen LogP contribution in [-0.4, -0.2) is 44.3 Å². The highest BCUT2D eigenvalue weighted by Gasteiger charge is 2.20. The van der Waals surface area contributed by atoms with Gasteiger partial charge in [0.05, 0.1) is 17.9 Å². The fourth-order valence-corrected chi connectivity index (χ4v) is 2.99. The number of carboxylic acids is 1. The summed E-state index contributed by atoms with van der Waals surface area (Å²) >= 11 is 0. The zero-order valence-electron chi connectivity index (χ0n) is 14.8. The predicted molar refractivity (Wildman–Crippen MR) is 99.4 cm³/mol. The Kier molecular flexibility index (Phi) is 6.95. The van der Waals surface area contributed by atoms with Crippen LogP contribution in [-0.2, 0) is 25.8 Å². The van der Waals surface area contributed by atoms with E-state index in [0.29, 0.717) is 5.75 Å². The second kappa shape index (κ2) is 9.18. The molecule has 0 unspecified atom stereocenters. The van der Waals surface area contributed by atoms with Crippen molar-refractivity contribution in [2.45, 2.75) is 23.8 Å². The molecule has 0 bridgehead atoms. The summed E-state index contributed by atoms with van der Waals surface area (Å²) in [7, 11) is -3.28. The van der Waals surface area contributed by atoms with Gasteiger partial charge in [-0.05, 0) is 29.8 Å². The number of aliphatic carboxylic acids is 1. The van der Waals surface area contributed by atoms with Crippen LogP contribution in [0.25, 0.3) is 0 Å². The lowest BCUT2D eigenvalue weighted by atomic mass is 10.1. The first-order valence-corrected chi connectivity index (χ1v) is 10.1. The summed E-state index contributed by atoms with van der Waals surface area (Å²) in [5, 5.41) is 11.8. The number of nitrogens with one attached hydrogen (secondary N) is 1. The molecule has 0 heterocycles. The molecule has 2 rings (SSSR count). The Hall–Kier alpha value is -2.87. The molecule has 2 N–H and O–H groups in total. The summed E-state index contributed by atoms with van der Waals surface area (Å²) in [6.07, 6.45) is 1.28. The van der Waals surface area contributed by atoms with Crippen LogP contribution in [0.2, 0.25) is 0 Å². The quantitative estimate of drug-likeness (QED) is 0.673. The van der Waals surface area contributed by atoms with Crippen molar-refractivity contribution in [2.24, 2.45) is 0 Å². The smallest absolute Gasteiger partial charge is 0.326 e. The van der Waals surface area contributed by atoms with Crippen molar-refractivity contribution in [3.8, 4) is 5.75 Å². The molecular formula is C19H21NO6S. The Morgan fingerprint density at radius 3 is 2.26 bits per heavy atom. The van der Waals surface area contributed by atoms with Crippen LogP contribution in [0.15, 0.2) is 59.5 Å². The van der Waals surface area contributed by atoms with E-state index in [9.17, 15) is 23.1 Å². The van der Waals surface area contributed by atoms with Crippen molar-refractivity contribution in [1.29, 1.82) is 0 Å². The molecule has 2 aromatic carbocycles. The number of carbonyl (C=O) groups excluding carboxylic acids is 1. The lowest BCUT2D eigenvalue weighted by Gasteiger charge is -2.15. The van der Waals surface area contributed by atoms with Gasteiger partial charge in [0.15, 0.2) is 9.84 Å². The van der Waals surface area contributed by atoms with Crippen LogP contribution in [0, 0.1) is 0 Å². The number of amides is 1. The van der Waals surface area contributed by atoms with Gasteiger partial charge in [0.2, 0.25) is 5.91 Å². The zero-order valence-corrected chi connectivity index (χ0v) is 15.6. The minimum Gasteiger partial charge on any atom is -0.493 e. The number of hydrogen-bond donors (Lipinski definition) is 2. The SMILES string of the molecule is CS(=O)(=O)c1ccc(OCCC(=O)N[C@H](Cc2ccccc2)C(=O)O)cc1. The third-order valence-electron chi connectivity index (χ3n) is 3.77. The highest BCUT2D eigenvalue weighted by atomic mass is 32.2. The van der Waals surface area contributed by atoms with Crippen LogP contribution in [0.1, 0.15) is 12.0 Å². The highest BCUT2D eigenvalue weighted by molar-refractivity contribution is 7.90. The Morgan fingerprint density at radius 1 is 1.07 bits per heavy atom. The molecule has 1 amide bonds. The zero-order chi connectivity index (χ0) is 19.9. The Labute approximate surface area is 157 Å². The van der Waals surface area contributed by atoms with E-state index in [2.05, 4.69) is 5.32 Å².